The molecule has 5 heterocycles. The van der Waals surface area contributed by atoms with Crippen LogP contribution in [0.1, 0.15) is 47.5 Å². The van der Waals surface area contributed by atoms with Crippen LogP contribution in [0.4, 0.5) is 0 Å². The van der Waals surface area contributed by atoms with E-state index in [1.807, 2.05) is 22.8 Å². The van der Waals surface area contributed by atoms with Crippen molar-refractivity contribution in [2.45, 2.75) is 37.8 Å². The Labute approximate surface area is 228 Å². The quantitative estimate of drug-likeness (QED) is 0.355. The van der Waals surface area contributed by atoms with Crippen molar-refractivity contribution in [2.24, 2.45) is 5.92 Å². The fourth-order valence-corrected chi connectivity index (χ4v) is 6.23. The summed E-state index contributed by atoms with van der Waals surface area (Å²) in [4.78, 5) is 55.8. The molecule has 40 heavy (non-hydrogen) atoms. The lowest BCUT2D eigenvalue weighted by Gasteiger charge is -2.42. The lowest BCUT2D eigenvalue weighted by molar-refractivity contribution is -0.140. The Morgan fingerprint density at radius 3 is 2.75 bits per heavy atom. The number of H-pyrrole nitrogens is 1. The summed E-state index contributed by atoms with van der Waals surface area (Å²) >= 11 is 0. The van der Waals surface area contributed by atoms with Crippen LogP contribution in [0.2, 0.25) is 0 Å². The fraction of sp³-hybridized carbons (Fsp3) is 0.333. The average Bonchev–Trinajstić information content (AvgIpc) is 2.94. The van der Waals surface area contributed by atoms with Crippen LogP contribution < -0.4 is 16.5 Å². The lowest BCUT2D eigenvalue weighted by Crippen LogP contribution is -2.46. The second-order valence-corrected chi connectivity index (χ2v) is 10.7. The van der Waals surface area contributed by atoms with Crippen LogP contribution in [0, 0.1) is 5.92 Å². The van der Waals surface area contributed by atoms with Crippen molar-refractivity contribution in [3.8, 4) is 5.75 Å². The predicted octanol–water partition coefficient (Wildman–Crippen LogP) is 2.66. The van der Waals surface area contributed by atoms with Gasteiger partial charge in [0, 0.05) is 54.5 Å². The topological polar surface area (TPSA) is 135 Å². The number of carbonyl (C=O) groups excluding carboxylic acids is 1. The van der Waals surface area contributed by atoms with Crippen LogP contribution in [-0.4, -0.2) is 45.7 Å². The van der Waals surface area contributed by atoms with Crippen molar-refractivity contribution in [1.29, 1.82) is 0 Å². The summed E-state index contributed by atoms with van der Waals surface area (Å²) < 4.78 is 12.8. The first-order valence-corrected chi connectivity index (χ1v) is 13.3. The number of fused-ring (bicyclic) bond motifs is 5. The van der Waals surface area contributed by atoms with Gasteiger partial charge in [-0.05, 0) is 35.9 Å². The maximum Gasteiger partial charge on any atom is 0.306 e. The van der Waals surface area contributed by atoms with Crippen molar-refractivity contribution in [2.75, 3.05) is 20.2 Å². The number of ether oxygens (including phenoxy) is 1. The molecule has 2 aliphatic heterocycles. The van der Waals surface area contributed by atoms with Crippen LogP contribution in [0.25, 0.3) is 10.9 Å². The summed E-state index contributed by atoms with van der Waals surface area (Å²) in [6, 6.07) is 15.4. The summed E-state index contributed by atoms with van der Waals surface area (Å²) in [5.41, 5.74) is 0.696. The molecule has 4 aromatic rings. The second-order valence-electron chi connectivity index (χ2n) is 10.7. The molecule has 1 saturated heterocycles. The number of hydrogen-bond acceptors (Lipinski definition) is 8. The monoisotopic (exact) mass is 543 g/mol. The molecule has 1 aromatic carbocycles. The number of pyridine rings is 2. The summed E-state index contributed by atoms with van der Waals surface area (Å²) in [5.74, 6) is -1.70. The Morgan fingerprint density at radius 2 is 1.93 bits per heavy atom. The Morgan fingerprint density at radius 1 is 1.10 bits per heavy atom. The molecule has 0 spiro atoms. The van der Waals surface area contributed by atoms with E-state index in [9.17, 15) is 24.3 Å². The molecule has 0 aliphatic carbocycles. The number of aromatic amines is 1. The standard InChI is InChI=1S/C30H29N3O7/c1-39-27(36)12-21(22-10-18-5-2-3-6-23(18)31-30(22)38)29-28(37)25(34)11-20(40-29)16-32-13-17-9-19(15-32)24-7-4-8-26(35)33(24)14-17/h2-8,10-11,17,19,21,37H,9,12-16H2,1H3,(H,31,38)/t17-,19+,21+/m1/s1. The van der Waals surface area contributed by atoms with Gasteiger partial charge in [0.25, 0.3) is 11.1 Å². The van der Waals surface area contributed by atoms with E-state index in [1.165, 1.54) is 13.2 Å². The van der Waals surface area contributed by atoms with Gasteiger partial charge in [0.05, 0.1) is 26.0 Å². The maximum atomic E-state index is 13.1. The smallest absolute Gasteiger partial charge is 0.306 e. The van der Waals surface area contributed by atoms with E-state index in [0.29, 0.717) is 37.5 Å². The Hall–Kier alpha value is -4.44. The number of nitrogens with zero attached hydrogens (tertiary/aromatic N) is 2. The molecule has 3 atom stereocenters. The number of aromatic hydroxyl groups is 1. The molecule has 206 valence electrons. The molecule has 0 unspecified atom stereocenters. The number of nitrogens with one attached hydrogen (secondary N) is 1. The van der Waals surface area contributed by atoms with Gasteiger partial charge in [-0.15, -0.1) is 0 Å². The van der Waals surface area contributed by atoms with Gasteiger partial charge in [-0.1, -0.05) is 24.3 Å². The molecule has 0 radical (unpaired) electrons. The highest BCUT2D eigenvalue weighted by Crippen LogP contribution is 2.37. The summed E-state index contributed by atoms with van der Waals surface area (Å²) in [5, 5.41) is 11.5. The number of piperidine rings is 1. The van der Waals surface area contributed by atoms with E-state index >= 15 is 0 Å². The first-order chi connectivity index (χ1) is 19.3. The molecule has 10 heteroatoms. The van der Waals surface area contributed by atoms with E-state index in [2.05, 4.69) is 9.88 Å². The lowest BCUT2D eigenvalue weighted by atomic mass is 9.83. The van der Waals surface area contributed by atoms with Gasteiger partial charge < -0.3 is 23.8 Å². The van der Waals surface area contributed by atoms with E-state index in [0.717, 1.165) is 17.5 Å². The molecule has 3 aromatic heterocycles. The summed E-state index contributed by atoms with van der Waals surface area (Å²) in [7, 11) is 1.23. The number of rotatable bonds is 6. The number of hydrogen-bond donors (Lipinski definition) is 2. The van der Waals surface area contributed by atoms with Crippen molar-refractivity contribution in [1.82, 2.24) is 14.5 Å². The summed E-state index contributed by atoms with van der Waals surface area (Å²) in [6.07, 6.45) is 0.675. The molecule has 6 rings (SSSR count). The van der Waals surface area contributed by atoms with E-state index in [-0.39, 0.29) is 35.1 Å². The molecule has 0 amide bonds. The van der Waals surface area contributed by atoms with Crippen molar-refractivity contribution in [3.05, 3.63) is 108 Å². The van der Waals surface area contributed by atoms with Gasteiger partial charge in [-0.25, -0.2) is 0 Å². The number of para-hydroxylation sites is 1. The van der Waals surface area contributed by atoms with Crippen molar-refractivity contribution in [3.63, 3.8) is 0 Å². The number of benzene rings is 1. The summed E-state index contributed by atoms with van der Waals surface area (Å²) in [6.45, 7) is 2.33. The molecule has 10 nitrogen and oxygen atoms in total. The zero-order valence-electron chi connectivity index (χ0n) is 22.0. The molecule has 0 saturated carbocycles. The minimum Gasteiger partial charge on any atom is -0.502 e. The Bertz CT molecular complexity index is 1790. The van der Waals surface area contributed by atoms with Gasteiger partial charge in [-0.3, -0.25) is 24.1 Å². The number of carbonyl (C=O) groups is 1. The first kappa shape index (κ1) is 25.8. The third-order valence-electron chi connectivity index (χ3n) is 8.01. The minimum atomic E-state index is -1.05. The van der Waals surface area contributed by atoms with Gasteiger partial charge >= 0.3 is 5.97 Å². The zero-order chi connectivity index (χ0) is 28.0. The van der Waals surface area contributed by atoms with Crippen molar-refractivity contribution < 1.29 is 19.1 Å². The van der Waals surface area contributed by atoms with Gasteiger partial charge in [0.1, 0.15) is 5.76 Å². The van der Waals surface area contributed by atoms with Crippen molar-refractivity contribution >= 4 is 16.9 Å². The predicted molar refractivity (Wildman–Crippen MR) is 147 cm³/mol. The largest absolute Gasteiger partial charge is 0.502 e. The average molecular weight is 544 g/mol. The van der Waals surface area contributed by atoms with Gasteiger partial charge in [-0.2, -0.15) is 0 Å². The van der Waals surface area contributed by atoms with Crippen LogP contribution in [0.15, 0.2) is 73.4 Å². The van der Waals surface area contributed by atoms with E-state index < -0.39 is 28.6 Å². The highest BCUT2D eigenvalue weighted by atomic mass is 16.5. The molecular weight excluding hydrogens is 514 g/mol. The highest BCUT2D eigenvalue weighted by Gasteiger charge is 2.35. The number of esters is 1. The fourth-order valence-electron chi connectivity index (χ4n) is 6.23. The van der Waals surface area contributed by atoms with Gasteiger partial charge in [0.2, 0.25) is 11.2 Å². The first-order valence-electron chi connectivity index (χ1n) is 13.3. The van der Waals surface area contributed by atoms with Gasteiger partial charge in [0.15, 0.2) is 5.76 Å². The number of aromatic nitrogens is 2. The SMILES string of the molecule is COC(=O)C[C@H](c1oc(CN2C[C@H]3C[C@@H](C2)c2cccc(=O)n2C3)cc(=O)c1O)c1cc2ccccc2[nH]c1=O. The molecule has 2 bridgehead atoms. The molecule has 1 fully saturated rings. The molecule has 2 aliphatic rings. The normalized spacial score (nSPS) is 19.2. The van der Waals surface area contributed by atoms with Crippen LogP contribution >= 0.6 is 0 Å². The van der Waals surface area contributed by atoms with E-state index in [1.54, 1.807) is 30.3 Å². The Kier molecular flexibility index (Phi) is 6.63. The number of likely N-dealkylation sites (tertiary alicyclic amines) is 1. The third kappa shape index (κ3) is 4.75. The van der Waals surface area contributed by atoms with Crippen LogP contribution in [-0.2, 0) is 22.6 Å². The molecular formula is C30H29N3O7. The molecule has 2 N–H and O–H groups in total. The van der Waals surface area contributed by atoms with Crippen LogP contribution in [0.5, 0.6) is 5.75 Å². The highest BCUT2D eigenvalue weighted by molar-refractivity contribution is 5.79. The maximum absolute atomic E-state index is 13.1. The zero-order valence-corrected chi connectivity index (χ0v) is 22.0. The Balaban J connectivity index is 1.36. The van der Waals surface area contributed by atoms with Crippen LogP contribution in [0.3, 0.4) is 0 Å². The second kappa shape index (κ2) is 10.3. The number of methoxy groups -OCH3 is 1. The van der Waals surface area contributed by atoms with E-state index in [4.69, 9.17) is 9.15 Å². The third-order valence-corrected chi connectivity index (χ3v) is 8.01. The minimum absolute atomic E-state index is 0.00940.